The molecule has 1 aliphatic carbocycles. The molecule has 0 atom stereocenters. The predicted octanol–water partition coefficient (Wildman–Crippen LogP) is 2.06. The van der Waals surface area contributed by atoms with Gasteiger partial charge in [0.15, 0.2) is 0 Å². The first-order chi connectivity index (χ1) is 7.29. The van der Waals surface area contributed by atoms with E-state index < -0.39 is 0 Å². The van der Waals surface area contributed by atoms with Gasteiger partial charge >= 0.3 is 5.97 Å². The molecule has 3 nitrogen and oxygen atoms in total. The van der Waals surface area contributed by atoms with Gasteiger partial charge in [0.2, 0.25) is 0 Å². The van der Waals surface area contributed by atoms with Crippen molar-refractivity contribution in [2.24, 2.45) is 0 Å². The fraction of sp³-hybridized carbons (Fsp3) is 0.500. The van der Waals surface area contributed by atoms with Crippen LogP contribution in [-0.4, -0.2) is 18.1 Å². The number of hydrogen-bond acceptors (Lipinski definition) is 3. The second-order valence-electron chi connectivity index (χ2n) is 3.97. The zero-order valence-corrected chi connectivity index (χ0v) is 8.90. The molecule has 1 aliphatic rings. The Morgan fingerprint density at radius 1 is 1.60 bits per heavy atom. The van der Waals surface area contributed by atoms with Crippen LogP contribution in [0.1, 0.15) is 36.4 Å². The SMILES string of the molecule is COC(=O)Cc1ccnc(C2CCC2)c1. The van der Waals surface area contributed by atoms with Crippen LogP contribution in [-0.2, 0) is 16.0 Å². The third kappa shape index (κ3) is 2.35. The van der Waals surface area contributed by atoms with Crippen molar-refractivity contribution in [3.05, 3.63) is 29.6 Å². The van der Waals surface area contributed by atoms with Crippen LogP contribution in [0.2, 0.25) is 0 Å². The van der Waals surface area contributed by atoms with Gasteiger partial charge in [-0.2, -0.15) is 0 Å². The van der Waals surface area contributed by atoms with Gasteiger partial charge in [-0.15, -0.1) is 0 Å². The molecule has 3 heteroatoms. The molecule has 0 spiro atoms. The maximum Gasteiger partial charge on any atom is 0.309 e. The Labute approximate surface area is 89.5 Å². The Hall–Kier alpha value is -1.38. The molecule has 0 saturated heterocycles. The topological polar surface area (TPSA) is 39.2 Å². The van der Waals surface area contributed by atoms with Gasteiger partial charge in [0, 0.05) is 17.8 Å². The third-order valence-electron chi connectivity index (χ3n) is 2.95. The fourth-order valence-corrected chi connectivity index (χ4v) is 1.77. The monoisotopic (exact) mass is 205 g/mol. The molecule has 2 rings (SSSR count). The molecule has 0 amide bonds. The van der Waals surface area contributed by atoms with Gasteiger partial charge in [-0.3, -0.25) is 9.78 Å². The van der Waals surface area contributed by atoms with Crippen LogP contribution in [0.5, 0.6) is 0 Å². The summed E-state index contributed by atoms with van der Waals surface area (Å²) >= 11 is 0. The standard InChI is InChI=1S/C12H15NO2/c1-15-12(14)8-9-5-6-13-11(7-9)10-3-2-4-10/h5-7,10H,2-4,8H2,1H3. The van der Waals surface area contributed by atoms with Crippen LogP contribution < -0.4 is 0 Å². The molecule has 1 heterocycles. The Morgan fingerprint density at radius 2 is 2.40 bits per heavy atom. The van der Waals surface area contributed by atoms with Crippen molar-refractivity contribution in [3.8, 4) is 0 Å². The van der Waals surface area contributed by atoms with Crippen molar-refractivity contribution in [3.63, 3.8) is 0 Å². The van der Waals surface area contributed by atoms with E-state index in [4.69, 9.17) is 0 Å². The lowest BCUT2D eigenvalue weighted by Crippen LogP contribution is -2.11. The Bertz CT molecular complexity index is 358. The Kier molecular flexibility index (Phi) is 2.99. The predicted molar refractivity (Wildman–Crippen MR) is 56.5 cm³/mol. The number of carbonyl (C=O) groups excluding carboxylic acids is 1. The summed E-state index contributed by atoms with van der Waals surface area (Å²) in [6, 6.07) is 3.90. The van der Waals surface area contributed by atoms with Crippen molar-refractivity contribution in [2.75, 3.05) is 7.11 Å². The summed E-state index contributed by atoms with van der Waals surface area (Å²) in [7, 11) is 1.41. The van der Waals surface area contributed by atoms with Crippen LogP contribution in [0.25, 0.3) is 0 Å². The third-order valence-corrected chi connectivity index (χ3v) is 2.95. The number of pyridine rings is 1. The van der Waals surface area contributed by atoms with Crippen molar-refractivity contribution in [1.29, 1.82) is 0 Å². The summed E-state index contributed by atoms with van der Waals surface area (Å²) in [5, 5.41) is 0. The molecule has 1 aromatic rings. The van der Waals surface area contributed by atoms with E-state index in [9.17, 15) is 4.79 Å². The lowest BCUT2D eigenvalue weighted by Gasteiger charge is -2.24. The number of rotatable bonds is 3. The average molecular weight is 205 g/mol. The first kappa shape index (κ1) is 10.1. The van der Waals surface area contributed by atoms with E-state index >= 15 is 0 Å². The van der Waals surface area contributed by atoms with Crippen molar-refractivity contribution in [2.45, 2.75) is 31.6 Å². The second kappa shape index (κ2) is 4.43. The number of hydrogen-bond donors (Lipinski definition) is 0. The zero-order valence-electron chi connectivity index (χ0n) is 8.90. The van der Waals surface area contributed by atoms with Gasteiger partial charge in [0.25, 0.3) is 0 Å². The van der Waals surface area contributed by atoms with Gasteiger partial charge in [-0.25, -0.2) is 0 Å². The minimum absolute atomic E-state index is 0.194. The quantitative estimate of drug-likeness (QED) is 0.709. The molecule has 0 aliphatic heterocycles. The summed E-state index contributed by atoms with van der Waals surface area (Å²) in [6.07, 6.45) is 5.89. The maximum absolute atomic E-state index is 11.1. The van der Waals surface area contributed by atoms with E-state index in [0.717, 1.165) is 11.3 Å². The summed E-state index contributed by atoms with van der Waals surface area (Å²) in [5.74, 6) is 0.420. The van der Waals surface area contributed by atoms with E-state index in [1.165, 1.54) is 26.4 Å². The largest absolute Gasteiger partial charge is 0.469 e. The minimum Gasteiger partial charge on any atom is -0.469 e. The van der Waals surface area contributed by atoms with Crippen LogP contribution in [0.15, 0.2) is 18.3 Å². The van der Waals surface area contributed by atoms with Gasteiger partial charge < -0.3 is 4.74 Å². The molecule has 0 unspecified atom stereocenters. The highest BCUT2D eigenvalue weighted by molar-refractivity contribution is 5.72. The molecule has 1 saturated carbocycles. The first-order valence-electron chi connectivity index (χ1n) is 5.31. The van der Waals surface area contributed by atoms with Gasteiger partial charge in [-0.1, -0.05) is 6.42 Å². The molecule has 0 radical (unpaired) electrons. The number of ether oxygens (including phenoxy) is 1. The lowest BCUT2D eigenvalue weighted by molar-refractivity contribution is -0.139. The number of aromatic nitrogens is 1. The molecule has 0 bridgehead atoms. The van der Waals surface area contributed by atoms with E-state index in [1.54, 1.807) is 6.20 Å². The van der Waals surface area contributed by atoms with Crippen LogP contribution in [0, 0.1) is 0 Å². The van der Waals surface area contributed by atoms with Crippen molar-refractivity contribution in [1.82, 2.24) is 4.98 Å². The highest BCUT2D eigenvalue weighted by Crippen LogP contribution is 2.35. The Morgan fingerprint density at radius 3 is 3.00 bits per heavy atom. The highest BCUT2D eigenvalue weighted by Gasteiger charge is 2.20. The van der Waals surface area contributed by atoms with Crippen molar-refractivity contribution < 1.29 is 9.53 Å². The number of esters is 1. The molecule has 0 aromatic carbocycles. The second-order valence-corrected chi connectivity index (χ2v) is 3.97. The maximum atomic E-state index is 11.1. The summed E-state index contributed by atoms with van der Waals surface area (Å²) < 4.78 is 4.64. The van der Waals surface area contributed by atoms with Gasteiger partial charge in [0.05, 0.1) is 13.5 Å². The molecular formula is C12H15NO2. The van der Waals surface area contributed by atoms with E-state index in [0.29, 0.717) is 12.3 Å². The van der Waals surface area contributed by atoms with Crippen LogP contribution in [0.3, 0.4) is 0 Å². The van der Waals surface area contributed by atoms with E-state index in [2.05, 4.69) is 9.72 Å². The summed E-state index contributed by atoms with van der Waals surface area (Å²) in [4.78, 5) is 15.4. The molecule has 1 aromatic heterocycles. The molecule has 1 fully saturated rings. The van der Waals surface area contributed by atoms with E-state index in [-0.39, 0.29) is 5.97 Å². The normalized spacial score (nSPS) is 15.8. The molecule has 15 heavy (non-hydrogen) atoms. The molecule has 0 N–H and O–H groups in total. The summed E-state index contributed by atoms with van der Waals surface area (Å²) in [5.41, 5.74) is 2.13. The average Bonchev–Trinajstić information content (AvgIpc) is 2.15. The van der Waals surface area contributed by atoms with Crippen LogP contribution >= 0.6 is 0 Å². The molecular weight excluding hydrogens is 190 g/mol. The zero-order chi connectivity index (χ0) is 10.7. The number of nitrogens with zero attached hydrogens (tertiary/aromatic N) is 1. The van der Waals surface area contributed by atoms with Crippen LogP contribution in [0.4, 0.5) is 0 Å². The minimum atomic E-state index is -0.194. The van der Waals surface area contributed by atoms with Gasteiger partial charge in [0.1, 0.15) is 0 Å². The Balaban J connectivity index is 2.08. The fourth-order valence-electron chi connectivity index (χ4n) is 1.77. The lowest BCUT2D eigenvalue weighted by atomic mass is 9.82. The molecule has 80 valence electrons. The summed E-state index contributed by atoms with van der Waals surface area (Å²) in [6.45, 7) is 0. The highest BCUT2D eigenvalue weighted by atomic mass is 16.5. The first-order valence-corrected chi connectivity index (χ1v) is 5.31. The smallest absolute Gasteiger partial charge is 0.309 e. The van der Waals surface area contributed by atoms with Crippen molar-refractivity contribution >= 4 is 5.97 Å². The van der Waals surface area contributed by atoms with Gasteiger partial charge in [-0.05, 0) is 30.5 Å². The number of methoxy groups -OCH3 is 1. The number of carbonyl (C=O) groups is 1. The van der Waals surface area contributed by atoms with E-state index in [1.807, 2.05) is 12.1 Å².